The van der Waals surface area contributed by atoms with Gasteiger partial charge < -0.3 is 9.51 Å². The number of carbonyl (C=O) groups is 1. The molecule has 3 rings (SSSR count). The molecule has 0 spiro atoms. The summed E-state index contributed by atoms with van der Waals surface area (Å²) in [5.74, 6) is -1.01. The number of fused-ring (bicyclic) bond motifs is 3. The zero-order chi connectivity index (χ0) is 11.1. The third-order valence-corrected chi connectivity index (χ3v) is 2.58. The Hall–Kier alpha value is -2.07. The first-order valence-corrected chi connectivity index (χ1v) is 4.85. The molecule has 0 aliphatic heterocycles. The predicted molar refractivity (Wildman–Crippen MR) is 66.9 cm³/mol. The monoisotopic (exact) mass is 248 g/mol. The second-order valence-electron chi connectivity index (χ2n) is 3.58. The first-order valence-electron chi connectivity index (χ1n) is 4.85. The van der Waals surface area contributed by atoms with E-state index in [2.05, 4.69) is 4.98 Å². The fraction of sp³-hybridized carbons (Fsp3) is 0. The molecule has 0 saturated heterocycles. The minimum Gasteiger partial charge on any atom is -0.476 e. The number of benzene rings is 1. The van der Waals surface area contributed by atoms with Crippen LogP contribution in [0.5, 0.6) is 0 Å². The number of para-hydroxylation sites is 1. The van der Waals surface area contributed by atoms with Crippen molar-refractivity contribution in [1.82, 2.24) is 9.38 Å². The summed E-state index contributed by atoms with van der Waals surface area (Å²) in [6, 6.07) is 9.80. The Kier molecular flexibility index (Phi) is 2.73. The molecule has 0 radical (unpaired) electrons. The summed E-state index contributed by atoms with van der Waals surface area (Å²) in [4.78, 5) is 14.7. The first kappa shape index (κ1) is 11.4. The summed E-state index contributed by atoms with van der Waals surface area (Å²) in [7, 11) is 0. The Morgan fingerprint density at radius 3 is 2.82 bits per heavy atom. The van der Waals surface area contributed by atoms with Crippen LogP contribution in [0.1, 0.15) is 10.5 Å². The highest BCUT2D eigenvalue weighted by Crippen LogP contribution is 2.19. The number of hydrogen-bond acceptors (Lipinski definition) is 2. The van der Waals surface area contributed by atoms with Crippen LogP contribution in [0.15, 0.2) is 42.7 Å². The minimum absolute atomic E-state index is 0. The molecule has 0 fully saturated rings. The van der Waals surface area contributed by atoms with Crippen molar-refractivity contribution >= 4 is 34.8 Å². The highest BCUT2D eigenvalue weighted by molar-refractivity contribution is 5.89. The van der Waals surface area contributed by atoms with Gasteiger partial charge in [-0.1, -0.05) is 18.2 Å². The quantitative estimate of drug-likeness (QED) is 0.720. The highest BCUT2D eigenvalue weighted by atomic mass is 35.5. The molecule has 4 nitrogen and oxygen atoms in total. The standard InChI is InChI=1S/C12H8N2O2.ClH/c15-12(16)10-7-14-9(6-13-10)5-8-3-1-2-4-11(8)14;/h1-7H,(H,15,16);1H. The predicted octanol–water partition coefficient (Wildman–Crippen LogP) is 2.61. The molecule has 0 aliphatic carbocycles. The van der Waals surface area contributed by atoms with Crippen LogP contribution in [0.25, 0.3) is 16.4 Å². The lowest BCUT2D eigenvalue weighted by Gasteiger charge is -1.98. The topological polar surface area (TPSA) is 54.6 Å². The van der Waals surface area contributed by atoms with Crippen molar-refractivity contribution in [2.45, 2.75) is 0 Å². The molecule has 0 unspecified atom stereocenters. The molecule has 0 aliphatic rings. The summed E-state index contributed by atoms with van der Waals surface area (Å²) in [6.45, 7) is 0. The van der Waals surface area contributed by atoms with Crippen LogP contribution in [0, 0.1) is 0 Å². The summed E-state index contributed by atoms with van der Waals surface area (Å²) >= 11 is 0. The molecule has 1 N–H and O–H groups in total. The van der Waals surface area contributed by atoms with E-state index in [4.69, 9.17) is 5.11 Å². The van der Waals surface area contributed by atoms with Gasteiger partial charge >= 0.3 is 5.97 Å². The lowest BCUT2D eigenvalue weighted by Crippen LogP contribution is -2.01. The summed E-state index contributed by atoms with van der Waals surface area (Å²) in [5, 5.41) is 9.95. The van der Waals surface area contributed by atoms with Crippen molar-refractivity contribution in [2.24, 2.45) is 0 Å². The van der Waals surface area contributed by atoms with Gasteiger partial charge in [0.25, 0.3) is 0 Å². The maximum absolute atomic E-state index is 10.8. The number of carboxylic acid groups (broad SMARTS) is 1. The van der Waals surface area contributed by atoms with Gasteiger partial charge in [-0.3, -0.25) is 0 Å². The summed E-state index contributed by atoms with van der Waals surface area (Å²) in [6.07, 6.45) is 3.11. The number of halogens is 1. The Balaban J connectivity index is 0.00000108. The molecule has 1 aromatic carbocycles. The van der Waals surface area contributed by atoms with Crippen LogP contribution >= 0.6 is 12.4 Å². The van der Waals surface area contributed by atoms with Crippen molar-refractivity contribution in [1.29, 1.82) is 0 Å². The number of nitrogens with zero attached hydrogens (tertiary/aromatic N) is 2. The number of hydrogen-bond donors (Lipinski definition) is 1. The normalized spacial score (nSPS) is 10.4. The van der Waals surface area contributed by atoms with Gasteiger partial charge in [0.2, 0.25) is 0 Å². The lowest BCUT2D eigenvalue weighted by atomic mass is 10.2. The van der Waals surface area contributed by atoms with Gasteiger partial charge in [-0.05, 0) is 12.1 Å². The Morgan fingerprint density at radius 1 is 1.29 bits per heavy atom. The largest absolute Gasteiger partial charge is 0.476 e. The molecular weight excluding hydrogens is 240 g/mol. The fourth-order valence-corrected chi connectivity index (χ4v) is 1.84. The lowest BCUT2D eigenvalue weighted by molar-refractivity contribution is 0.0690. The van der Waals surface area contributed by atoms with Crippen LogP contribution in [-0.2, 0) is 0 Å². The maximum Gasteiger partial charge on any atom is 0.356 e. The van der Waals surface area contributed by atoms with E-state index in [9.17, 15) is 4.79 Å². The first-order chi connectivity index (χ1) is 7.75. The second-order valence-corrected chi connectivity index (χ2v) is 3.58. The smallest absolute Gasteiger partial charge is 0.356 e. The Bertz CT molecular complexity index is 706. The number of aromatic nitrogens is 2. The highest BCUT2D eigenvalue weighted by Gasteiger charge is 2.07. The molecule has 2 aromatic heterocycles. The average Bonchev–Trinajstić information content (AvgIpc) is 2.66. The third kappa shape index (κ3) is 1.72. The molecule has 3 aromatic rings. The van der Waals surface area contributed by atoms with Crippen molar-refractivity contribution in [3.05, 3.63) is 48.4 Å². The van der Waals surface area contributed by atoms with Gasteiger partial charge in [0, 0.05) is 11.6 Å². The third-order valence-electron chi connectivity index (χ3n) is 2.58. The fourth-order valence-electron chi connectivity index (χ4n) is 1.84. The van der Waals surface area contributed by atoms with Crippen LogP contribution in [0.2, 0.25) is 0 Å². The average molecular weight is 249 g/mol. The van der Waals surface area contributed by atoms with Crippen molar-refractivity contribution in [3.63, 3.8) is 0 Å². The van der Waals surface area contributed by atoms with Crippen molar-refractivity contribution < 1.29 is 9.90 Å². The molecular formula is C12H9ClN2O2. The molecule has 5 heteroatoms. The molecule has 0 saturated carbocycles. The zero-order valence-electron chi connectivity index (χ0n) is 8.70. The van der Waals surface area contributed by atoms with E-state index in [1.54, 1.807) is 12.4 Å². The van der Waals surface area contributed by atoms with Crippen LogP contribution in [-0.4, -0.2) is 20.5 Å². The van der Waals surface area contributed by atoms with Gasteiger partial charge in [0.1, 0.15) is 0 Å². The van der Waals surface area contributed by atoms with Crippen LogP contribution in [0.4, 0.5) is 0 Å². The Morgan fingerprint density at radius 2 is 2.06 bits per heavy atom. The summed E-state index contributed by atoms with van der Waals surface area (Å²) in [5.41, 5.74) is 1.93. The maximum atomic E-state index is 10.8. The van der Waals surface area contributed by atoms with Gasteiger partial charge in [0.15, 0.2) is 5.69 Å². The van der Waals surface area contributed by atoms with Gasteiger partial charge in [-0.2, -0.15) is 0 Å². The van der Waals surface area contributed by atoms with E-state index >= 15 is 0 Å². The second kappa shape index (κ2) is 4.07. The number of carboxylic acids is 1. The molecule has 86 valence electrons. The number of rotatable bonds is 1. The van der Waals surface area contributed by atoms with Crippen molar-refractivity contribution in [3.8, 4) is 0 Å². The Labute approximate surface area is 103 Å². The van der Waals surface area contributed by atoms with E-state index in [1.165, 1.54) is 0 Å². The molecule has 17 heavy (non-hydrogen) atoms. The van der Waals surface area contributed by atoms with Gasteiger partial charge in [-0.25, -0.2) is 9.78 Å². The molecule has 0 bridgehead atoms. The van der Waals surface area contributed by atoms with E-state index in [-0.39, 0.29) is 18.1 Å². The van der Waals surface area contributed by atoms with E-state index in [0.717, 1.165) is 16.4 Å². The summed E-state index contributed by atoms with van der Waals surface area (Å²) < 4.78 is 1.84. The van der Waals surface area contributed by atoms with Crippen LogP contribution in [0.3, 0.4) is 0 Å². The number of aromatic carboxylic acids is 1. The zero-order valence-corrected chi connectivity index (χ0v) is 9.52. The molecule has 2 heterocycles. The van der Waals surface area contributed by atoms with Crippen molar-refractivity contribution in [2.75, 3.05) is 0 Å². The van der Waals surface area contributed by atoms with Gasteiger partial charge in [-0.15, -0.1) is 12.4 Å². The molecule has 0 atom stereocenters. The van der Waals surface area contributed by atoms with E-state index in [0.29, 0.717) is 0 Å². The van der Waals surface area contributed by atoms with E-state index in [1.807, 2.05) is 34.7 Å². The van der Waals surface area contributed by atoms with Gasteiger partial charge in [0.05, 0.1) is 17.2 Å². The molecule has 0 amide bonds. The van der Waals surface area contributed by atoms with E-state index < -0.39 is 5.97 Å². The minimum atomic E-state index is -1.01. The van der Waals surface area contributed by atoms with Crippen LogP contribution < -0.4 is 0 Å². The SMILES string of the molecule is Cl.O=C(O)c1cn2c(cn1)cc1ccccc12.